The molecule has 0 heterocycles. The molecular weight excluding hydrogens is 310 g/mol. The van der Waals surface area contributed by atoms with E-state index in [4.69, 9.17) is 0 Å². The minimum atomic E-state index is -1.08. The van der Waals surface area contributed by atoms with E-state index in [1.165, 1.54) is 11.8 Å². The van der Waals surface area contributed by atoms with Crippen LogP contribution in [-0.4, -0.2) is 18.1 Å². The minimum Gasteiger partial charge on any atom is -0.318 e. The third kappa shape index (κ3) is 4.05. The van der Waals surface area contributed by atoms with E-state index in [-0.39, 0.29) is 0 Å². The molecule has 0 atom stereocenters. The summed E-state index contributed by atoms with van der Waals surface area (Å²) >= 11 is 1.48. The summed E-state index contributed by atoms with van der Waals surface area (Å²) in [6.07, 6.45) is 1.88. The van der Waals surface area contributed by atoms with Gasteiger partial charge >= 0.3 is 11.8 Å². The molecule has 7 heteroatoms. The highest BCUT2D eigenvalue weighted by molar-refractivity contribution is 7.98. The molecule has 22 heavy (non-hydrogen) atoms. The molecule has 0 aliphatic rings. The third-order valence-corrected chi connectivity index (χ3v) is 3.44. The lowest BCUT2D eigenvalue weighted by Crippen LogP contribution is -2.29. The van der Waals surface area contributed by atoms with Gasteiger partial charge in [-0.25, -0.2) is 8.78 Å². The van der Waals surface area contributed by atoms with Crippen molar-refractivity contribution in [3.8, 4) is 0 Å². The zero-order valence-electron chi connectivity index (χ0n) is 11.5. The maximum Gasteiger partial charge on any atom is 0.314 e. The number of rotatable bonds is 3. The number of carbonyl (C=O) groups excluding carboxylic acids is 2. The highest BCUT2D eigenvalue weighted by Gasteiger charge is 2.16. The van der Waals surface area contributed by atoms with Crippen LogP contribution in [-0.2, 0) is 9.59 Å². The molecule has 4 nitrogen and oxygen atoms in total. The molecule has 0 aliphatic carbocycles. The van der Waals surface area contributed by atoms with Gasteiger partial charge in [-0.1, -0.05) is 6.07 Å². The molecule has 2 rings (SSSR count). The minimum absolute atomic E-state index is 0.391. The first kappa shape index (κ1) is 16.0. The molecule has 0 saturated carbocycles. The average molecular weight is 322 g/mol. The third-order valence-electron chi connectivity index (χ3n) is 2.71. The second-order valence-corrected chi connectivity index (χ2v) is 5.14. The number of halogens is 2. The van der Waals surface area contributed by atoms with Crippen molar-refractivity contribution < 1.29 is 18.4 Å². The van der Waals surface area contributed by atoms with Gasteiger partial charge in [-0.15, -0.1) is 11.8 Å². The average Bonchev–Trinajstić information content (AvgIpc) is 2.51. The lowest BCUT2D eigenvalue weighted by molar-refractivity contribution is -0.133. The number of anilines is 2. The van der Waals surface area contributed by atoms with Crippen molar-refractivity contribution in [2.24, 2.45) is 0 Å². The van der Waals surface area contributed by atoms with Crippen molar-refractivity contribution in [2.75, 3.05) is 16.9 Å². The van der Waals surface area contributed by atoms with Crippen molar-refractivity contribution in [1.29, 1.82) is 0 Å². The highest BCUT2D eigenvalue weighted by Crippen LogP contribution is 2.19. The Morgan fingerprint density at radius 1 is 1.00 bits per heavy atom. The Labute approximate surface area is 129 Å². The van der Waals surface area contributed by atoms with Crippen LogP contribution in [0, 0.1) is 11.6 Å². The van der Waals surface area contributed by atoms with Gasteiger partial charge in [-0.2, -0.15) is 0 Å². The first-order chi connectivity index (χ1) is 10.5. The van der Waals surface area contributed by atoms with E-state index in [2.05, 4.69) is 5.32 Å². The summed E-state index contributed by atoms with van der Waals surface area (Å²) in [5.41, 5.74) is 0.0460. The van der Waals surface area contributed by atoms with Crippen LogP contribution >= 0.6 is 11.8 Å². The summed E-state index contributed by atoms with van der Waals surface area (Å²) in [7, 11) is 0. The van der Waals surface area contributed by atoms with E-state index in [0.717, 1.165) is 23.1 Å². The van der Waals surface area contributed by atoms with Crippen LogP contribution in [0.2, 0.25) is 0 Å². The Morgan fingerprint density at radius 2 is 1.73 bits per heavy atom. The van der Waals surface area contributed by atoms with Gasteiger partial charge in [0.25, 0.3) is 0 Å². The molecular formula is C15H12F2N2O2S. The molecule has 0 saturated heterocycles. The zero-order valence-corrected chi connectivity index (χ0v) is 12.3. The molecule has 0 unspecified atom stereocenters. The number of thioether (sulfide) groups is 1. The first-order valence-electron chi connectivity index (χ1n) is 6.21. The summed E-state index contributed by atoms with van der Waals surface area (Å²) < 4.78 is 26.4. The smallest absolute Gasteiger partial charge is 0.314 e. The molecule has 2 aromatic carbocycles. The van der Waals surface area contributed by atoms with E-state index in [1.807, 2.05) is 17.6 Å². The topological polar surface area (TPSA) is 58.2 Å². The predicted octanol–water partition coefficient (Wildman–Crippen LogP) is 3.26. The summed E-state index contributed by atoms with van der Waals surface area (Å²) in [4.78, 5) is 24.4. The van der Waals surface area contributed by atoms with E-state index < -0.39 is 29.1 Å². The monoisotopic (exact) mass is 322 g/mol. The van der Waals surface area contributed by atoms with E-state index in [1.54, 1.807) is 18.2 Å². The van der Waals surface area contributed by atoms with Gasteiger partial charge in [0.05, 0.1) is 5.69 Å². The molecule has 2 amide bonds. The van der Waals surface area contributed by atoms with Crippen molar-refractivity contribution in [2.45, 2.75) is 4.90 Å². The normalized spacial score (nSPS) is 10.1. The second kappa shape index (κ2) is 7.04. The largest absolute Gasteiger partial charge is 0.318 e. The fourth-order valence-corrected chi connectivity index (χ4v) is 2.12. The van der Waals surface area contributed by atoms with Crippen LogP contribution in [0.15, 0.2) is 47.4 Å². The van der Waals surface area contributed by atoms with Crippen molar-refractivity contribution >= 4 is 35.0 Å². The fourth-order valence-electron chi connectivity index (χ4n) is 1.66. The Morgan fingerprint density at radius 3 is 2.45 bits per heavy atom. The molecule has 0 aromatic heterocycles. The number of hydrogen-bond donors (Lipinski definition) is 2. The van der Waals surface area contributed by atoms with E-state index in [0.29, 0.717) is 5.69 Å². The van der Waals surface area contributed by atoms with Gasteiger partial charge in [0.1, 0.15) is 11.6 Å². The highest BCUT2D eigenvalue weighted by atomic mass is 32.2. The number of nitrogens with one attached hydrogen (secondary N) is 2. The first-order valence-corrected chi connectivity index (χ1v) is 7.43. The Bertz CT molecular complexity index is 722. The van der Waals surface area contributed by atoms with E-state index in [9.17, 15) is 18.4 Å². The van der Waals surface area contributed by atoms with Crippen LogP contribution in [0.3, 0.4) is 0 Å². The van der Waals surface area contributed by atoms with Gasteiger partial charge in [0, 0.05) is 16.6 Å². The van der Waals surface area contributed by atoms with E-state index >= 15 is 0 Å². The molecule has 0 radical (unpaired) electrons. The lowest BCUT2D eigenvalue weighted by Gasteiger charge is -2.08. The molecule has 0 fully saturated rings. The number of benzene rings is 2. The summed E-state index contributed by atoms with van der Waals surface area (Å²) in [6, 6.07) is 9.47. The van der Waals surface area contributed by atoms with Gasteiger partial charge in [-0.3, -0.25) is 9.59 Å². The number of amides is 2. The quantitative estimate of drug-likeness (QED) is 0.673. The summed E-state index contributed by atoms with van der Waals surface area (Å²) in [5, 5.41) is 4.42. The lowest BCUT2D eigenvalue weighted by atomic mass is 10.3. The van der Waals surface area contributed by atoms with Crippen LogP contribution in [0.4, 0.5) is 20.2 Å². The second-order valence-electron chi connectivity index (χ2n) is 4.26. The summed E-state index contributed by atoms with van der Waals surface area (Å²) in [6.45, 7) is 0. The maximum atomic E-state index is 13.4. The Balaban J connectivity index is 2.06. The molecule has 2 aromatic rings. The molecule has 0 aliphatic heterocycles. The van der Waals surface area contributed by atoms with Gasteiger partial charge in [0.15, 0.2) is 0 Å². The molecule has 0 bridgehead atoms. The van der Waals surface area contributed by atoms with Crippen LogP contribution in [0.5, 0.6) is 0 Å². The molecule has 2 N–H and O–H groups in total. The molecule has 114 valence electrons. The Kier molecular flexibility index (Phi) is 5.11. The van der Waals surface area contributed by atoms with Crippen LogP contribution < -0.4 is 10.6 Å². The van der Waals surface area contributed by atoms with Crippen LogP contribution in [0.25, 0.3) is 0 Å². The zero-order chi connectivity index (χ0) is 16.1. The molecule has 0 spiro atoms. The van der Waals surface area contributed by atoms with Crippen molar-refractivity contribution in [3.05, 3.63) is 54.1 Å². The number of hydrogen-bond acceptors (Lipinski definition) is 3. The maximum absolute atomic E-state index is 13.4. The van der Waals surface area contributed by atoms with Gasteiger partial charge in [-0.05, 0) is 36.6 Å². The van der Waals surface area contributed by atoms with Crippen molar-refractivity contribution in [3.63, 3.8) is 0 Å². The predicted molar refractivity (Wildman–Crippen MR) is 81.8 cm³/mol. The van der Waals surface area contributed by atoms with Crippen LogP contribution in [0.1, 0.15) is 0 Å². The SMILES string of the molecule is CSc1cccc(NC(=O)C(=O)Nc2cc(F)ccc2F)c1. The van der Waals surface area contributed by atoms with Gasteiger partial charge in [0.2, 0.25) is 0 Å². The summed E-state index contributed by atoms with van der Waals surface area (Å²) in [5.74, 6) is -3.60. The van der Waals surface area contributed by atoms with Gasteiger partial charge < -0.3 is 10.6 Å². The standard InChI is InChI=1S/C15H12F2N2O2S/c1-22-11-4-2-3-10(8-11)18-14(20)15(21)19-13-7-9(16)5-6-12(13)17/h2-8H,1H3,(H,18,20)(H,19,21). The fraction of sp³-hybridized carbons (Fsp3) is 0.0667. The Hall–Kier alpha value is -2.41. The number of carbonyl (C=O) groups is 2. The van der Waals surface area contributed by atoms with Crippen molar-refractivity contribution in [1.82, 2.24) is 0 Å².